The van der Waals surface area contributed by atoms with Crippen molar-refractivity contribution in [2.24, 2.45) is 5.10 Å². The SMILES string of the molecule is COC1C=NN2CC(O)(C(F)(F)F)CC12. The van der Waals surface area contributed by atoms with E-state index in [9.17, 15) is 18.3 Å². The van der Waals surface area contributed by atoms with Crippen LogP contribution in [0.3, 0.4) is 0 Å². The van der Waals surface area contributed by atoms with Gasteiger partial charge in [0.1, 0.15) is 6.10 Å². The maximum absolute atomic E-state index is 12.5. The molecule has 3 atom stereocenters. The molecule has 4 nitrogen and oxygen atoms in total. The molecule has 2 rings (SSSR count). The number of hydrazone groups is 1. The van der Waals surface area contributed by atoms with Gasteiger partial charge in [-0.2, -0.15) is 18.3 Å². The Kier molecular flexibility index (Phi) is 2.20. The fourth-order valence-electron chi connectivity index (χ4n) is 1.99. The Bertz CT molecular complexity index is 294. The molecule has 0 radical (unpaired) electrons. The lowest BCUT2D eigenvalue weighted by Crippen LogP contribution is -2.47. The third kappa shape index (κ3) is 1.50. The lowest BCUT2D eigenvalue weighted by atomic mass is 9.97. The molecule has 0 aromatic heterocycles. The Balaban J connectivity index is 2.16. The van der Waals surface area contributed by atoms with E-state index in [-0.39, 0.29) is 0 Å². The van der Waals surface area contributed by atoms with Crippen LogP contribution in [-0.2, 0) is 4.74 Å². The van der Waals surface area contributed by atoms with Gasteiger partial charge in [0.25, 0.3) is 0 Å². The number of ether oxygens (including phenoxy) is 1. The summed E-state index contributed by atoms with van der Waals surface area (Å²) in [6.07, 6.45) is -4.03. The first kappa shape index (κ1) is 10.7. The second kappa shape index (κ2) is 3.08. The highest BCUT2D eigenvalue weighted by Crippen LogP contribution is 2.42. The van der Waals surface area contributed by atoms with Crippen LogP contribution in [0.2, 0.25) is 0 Å². The topological polar surface area (TPSA) is 45.1 Å². The first-order chi connectivity index (χ1) is 6.87. The van der Waals surface area contributed by atoms with Crippen LogP contribution >= 0.6 is 0 Å². The molecule has 2 aliphatic heterocycles. The summed E-state index contributed by atoms with van der Waals surface area (Å²) in [5.41, 5.74) is -2.66. The maximum Gasteiger partial charge on any atom is 0.419 e. The van der Waals surface area contributed by atoms with E-state index >= 15 is 0 Å². The molecule has 15 heavy (non-hydrogen) atoms. The predicted octanol–water partition coefficient (Wildman–Crippen LogP) is 0.369. The minimum atomic E-state index is -4.62. The first-order valence-corrected chi connectivity index (χ1v) is 4.50. The van der Waals surface area contributed by atoms with Gasteiger partial charge in [-0.05, 0) is 0 Å². The van der Waals surface area contributed by atoms with E-state index < -0.39 is 36.9 Å². The molecule has 1 saturated heterocycles. The van der Waals surface area contributed by atoms with Crippen LogP contribution in [0.15, 0.2) is 5.10 Å². The summed E-state index contributed by atoms with van der Waals surface area (Å²) in [7, 11) is 1.41. The van der Waals surface area contributed by atoms with Crippen molar-refractivity contribution in [3.8, 4) is 0 Å². The molecule has 0 bridgehead atoms. The third-order valence-corrected chi connectivity index (χ3v) is 2.89. The van der Waals surface area contributed by atoms with E-state index in [0.717, 1.165) is 0 Å². The normalized spacial score (nSPS) is 39.9. The number of fused-ring (bicyclic) bond motifs is 1. The largest absolute Gasteiger partial charge is 0.419 e. The smallest absolute Gasteiger partial charge is 0.379 e. The van der Waals surface area contributed by atoms with Gasteiger partial charge in [-0.1, -0.05) is 0 Å². The fourth-order valence-corrected chi connectivity index (χ4v) is 1.99. The standard InChI is InChI=1S/C8H11F3N2O2/c1-15-6-3-12-13-4-7(14,2-5(6)13)8(9,10)11/h3,5-6,14H,2,4H2,1H3. The minimum Gasteiger partial charge on any atom is -0.379 e. The predicted molar refractivity (Wildman–Crippen MR) is 45.4 cm³/mol. The molecular formula is C8H11F3N2O2. The average Bonchev–Trinajstić information content (AvgIpc) is 2.59. The average molecular weight is 224 g/mol. The lowest BCUT2D eigenvalue weighted by Gasteiger charge is -2.25. The number of hydrogen-bond acceptors (Lipinski definition) is 4. The molecule has 1 fully saturated rings. The molecule has 0 saturated carbocycles. The molecular weight excluding hydrogens is 213 g/mol. The second-order valence-electron chi connectivity index (χ2n) is 3.86. The summed E-state index contributed by atoms with van der Waals surface area (Å²) in [5, 5.41) is 14.5. The molecule has 2 aliphatic rings. The molecule has 0 aromatic rings. The Morgan fingerprint density at radius 2 is 2.27 bits per heavy atom. The monoisotopic (exact) mass is 224 g/mol. The van der Waals surface area contributed by atoms with Gasteiger partial charge in [0, 0.05) is 13.5 Å². The summed E-state index contributed by atoms with van der Waals surface area (Å²) in [6, 6.07) is -0.512. The highest BCUT2D eigenvalue weighted by molar-refractivity contribution is 5.66. The summed E-state index contributed by atoms with van der Waals surface area (Å²) >= 11 is 0. The van der Waals surface area contributed by atoms with Crippen molar-refractivity contribution in [1.82, 2.24) is 5.01 Å². The molecule has 0 spiro atoms. The number of hydrogen-bond donors (Lipinski definition) is 1. The highest BCUT2D eigenvalue weighted by atomic mass is 19.4. The van der Waals surface area contributed by atoms with E-state index in [1.54, 1.807) is 0 Å². The van der Waals surface area contributed by atoms with Gasteiger partial charge in [-0.25, -0.2) is 0 Å². The van der Waals surface area contributed by atoms with Crippen molar-refractivity contribution in [1.29, 1.82) is 0 Å². The van der Waals surface area contributed by atoms with Crippen LogP contribution in [-0.4, -0.2) is 53.9 Å². The third-order valence-electron chi connectivity index (χ3n) is 2.89. The summed E-state index contributed by atoms with van der Waals surface area (Å²) in [4.78, 5) is 0. The lowest BCUT2D eigenvalue weighted by molar-refractivity contribution is -0.254. The van der Waals surface area contributed by atoms with E-state index in [1.165, 1.54) is 18.3 Å². The summed E-state index contributed by atoms with van der Waals surface area (Å²) < 4.78 is 42.5. The zero-order valence-electron chi connectivity index (χ0n) is 8.03. The van der Waals surface area contributed by atoms with Gasteiger partial charge in [0.2, 0.25) is 0 Å². The van der Waals surface area contributed by atoms with Gasteiger partial charge >= 0.3 is 6.18 Å². The Hall–Kier alpha value is -0.820. The molecule has 0 amide bonds. The molecule has 7 heteroatoms. The number of nitrogens with zero attached hydrogens (tertiary/aromatic N) is 2. The molecule has 2 heterocycles. The van der Waals surface area contributed by atoms with Crippen molar-refractivity contribution in [2.45, 2.75) is 30.3 Å². The summed E-state index contributed by atoms with van der Waals surface area (Å²) in [5.74, 6) is 0. The van der Waals surface area contributed by atoms with E-state index in [2.05, 4.69) is 5.10 Å². The molecule has 0 aromatic carbocycles. The van der Waals surface area contributed by atoms with Crippen molar-refractivity contribution < 1.29 is 23.0 Å². The van der Waals surface area contributed by atoms with Gasteiger partial charge in [-0.15, -0.1) is 0 Å². The number of methoxy groups -OCH3 is 1. The van der Waals surface area contributed by atoms with Crippen molar-refractivity contribution in [2.75, 3.05) is 13.7 Å². The Labute approximate surface area is 84.3 Å². The number of alkyl halides is 3. The Morgan fingerprint density at radius 3 is 2.80 bits per heavy atom. The van der Waals surface area contributed by atoms with E-state index in [0.29, 0.717) is 0 Å². The number of aliphatic hydroxyl groups is 1. The zero-order valence-corrected chi connectivity index (χ0v) is 8.03. The number of halogens is 3. The van der Waals surface area contributed by atoms with Crippen molar-refractivity contribution in [3.05, 3.63) is 0 Å². The molecule has 1 N–H and O–H groups in total. The summed E-state index contributed by atoms with van der Waals surface area (Å²) in [6.45, 7) is -0.516. The van der Waals surface area contributed by atoms with Crippen LogP contribution in [0.4, 0.5) is 13.2 Å². The van der Waals surface area contributed by atoms with E-state index in [4.69, 9.17) is 4.74 Å². The van der Waals surface area contributed by atoms with E-state index in [1.807, 2.05) is 0 Å². The van der Waals surface area contributed by atoms with Gasteiger partial charge < -0.3 is 9.84 Å². The van der Waals surface area contributed by atoms with Gasteiger partial charge in [0.15, 0.2) is 5.60 Å². The van der Waals surface area contributed by atoms with Gasteiger partial charge in [-0.3, -0.25) is 5.01 Å². The van der Waals surface area contributed by atoms with Crippen LogP contribution in [0.25, 0.3) is 0 Å². The molecule has 0 aliphatic carbocycles. The zero-order chi connectivity index (χ0) is 11.3. The molecule has 3 unspecified atom stereocenters. The molecule has 86 valence electrons. The van der Waals surface area contributed by atoms with Crippen molar-refractivity contribution >= 4 is 6.21 Å². The fraction of sp³-hybridized carbons (Fsp3) is 0.875. The Morgan fingerprint density at radius 1 is 1.60 bits per heavy atom. The van der Waals surface area contributed by atoms with Crippen LogP contribution in [0.1, 0.15) is 6.42 Å². The van der Waals surface area contributed by atoms with Gasteiger partial charge in [0.05, 0.1) is 18.8 Å². The number of rotatable bonds is 1. The minimum absolute atomic E-state index is 0.394. The van der Waals surface area contributed by atoms with Crippen molar-refractivity contribution in [3.63, 3.8) is 0 Å². The second-order valence-corrected chi connectivity index (χ2v) is 3.86. The maximum atomic E-state index is 12.5. The van der Waals surface area contributed by atoms with Crippen LogP contribution in [0, 0.1) is 0 Å². The highest BCUT2D eigenvalue weighted by Gasteiger charge is 2.62. The first-order valence-electron chi connectivity index (χ1n) is 4.50. The van der Waals surface area contributed by atoms with Crippen LogP contribution < -0.4 is 0 Å². The van der Waals surface area contributed by atoms with Crippen LogP contribution in [0.5, 0.6) is 0 Å². The quantitative estimate of drug-likeness (QED) is 0.699.